The van der Waals surface area contributed by atoms with Crippen LogP contribution in [0.1, 0.15) is 11.1 Å². The number of halogens is 2. The molecule has 0 heterocycles. The van der Waals surface area contributed by atoms with Crippen molar-refractivity contribution in [1.82, 2.24) is 5.32 Å². The maximum atomic E-state index is 12.3. The van der Waals surface area contributed by atoms with Crippen molar-refractivity contribution >= 4 is 5.97 Å². The van der Waals surface area contributed by atoms with Crippen LogP contribution in [0.15, 0.2) is 48.5 Å². The van der Waals surface area contributed by atoms with Gasteiger partial charge in [-0.3, -0.25) is 4.79 Å². The molecule has 0 fully saturated rings. The number of hydrogen-bond acceptors (Lipinski definition) is 4. The largest absolute Gasteiger partial charge is 0.493 e. The van der Waals surface area contributed by atoms with Gasteiger partial charge in [-0.2, -0.15) is 8.78 Å². The predicted octanol–water partition coefficient (Wildman–Crippen LogP) is 3.08. The van der Waals surface area contributed by atoms with Crippen LogP contribution in [-0.4, -0.2) is 30.8 Å². The second-order valence-electron chi connectivity index (χ2n) is 5.33. The average molecular weight is 351 g/mol. The van der Waals surface area contributed by atoms with Gasteiger partial charge in [0.05, 0.1) is 7.11 Å². The van der Waals surface area contributed by atoms with Crippen LogP contribution in [-0.2, 0) is 17.8 Å². The molecular weight excluding hydrogens is 332 g/mol. The molecule has 7 heteroatoms. The van der Waals surface area contributed by atoms with Crippen LogP contribution >= 0.6 is 0 Å². The number of aliphatic carboxylic acids is 1. The van der Waals surface area contributed by atoms with Gasteiger partial charge >= 0.3 is 12.6 Å². The van der Waals surface area contributed by atoms with Gasteiger partial charge in [0.1, 0.15) is 6.04 Å². The molecule has 25 heavy (non-hydrogen) atoms. The number of carbonyl (C=O) groups is 1. The van der Waals surface area contributed by atoms with Crippen LogP contribution in [0.3, 0.4) is 0 Å². The lowest BCUT2D eigenvalue weighted by atomic mass is 10.1. The number of carboxylic acid groups (broad SMARTS) is 1. The Morgan fingerprint density at radius 1 is 1.12 bits per heavy atom. The number of carboxylic acids is 1. The summed E-state index contributed by atoms with van der Waals surface area (Å²) in [7, 11) is 1.35. The molecule has 0 saturated carbocycles. The molecule has 0 amide bonds. The third kappa shape index (κ3) is 5.72. The monoisotopic (exact) mass is 351 g/mol. The zero-order chi connectivity index (χ0) is 18.2. The number of hydrogen-bond donors (Lipinski definition) is 2. The summed E-state index contributed by atoms with van der Waals surface area (Å²) in [6.45, 7) is -2.70. The lowest BCUT2D eigenvalue weighted by molar-refractivity contribution is -0.139. The Hall–Kier alpha value is -2.67. The van der Waals surface area contributed by atoms with Crippen LogP contribution in [0.5, 0.6) is 11.5 Å². The second-order valence-corrected chi connectivity index (χ2v) is 5.33. The summed E-state index contributed by atoms with van der Waals surface area (Å²) >= 11 is 0. The van der Waals surface area contributed by atoms with E-state index < -0.39 is 18.6 Å². The Bertz CT molecular complexity index is 695. The normalized spacial score (nSPS) is 12.0. The van der Waals surface area contributed by atoms with Crippen LogP contribution in [0.2, 0.25) is 0 Å². The molecule has 2 aromatic carbocycles. The lowest BCUT2D eigenvalue weighted by Crippen LogP contribution is -2.38. The topological polar surface area (TPSA) is 67.8 Å². The molecule has 0 radical (unpaired) electrons. The first-order valence-corrected chi connectivity index (χ1v) is 7.61. The fourth-order valence-electron chi connectivity index (χ4n) is 2.35. The molecule has 0 aliphatic rings. The van der Waals surface area contributed by atoms with Crippen molar-refractivity contribution in [2.75, 3.05) is 7.11 Å². The van der Waals surface area contributed by atoms with E-state index in [0.717, 1.165) is 5.56 Å². The minimum Gasteiger partial charge on any atom is -0.493 e. The molecule has 2 rings (SSSR count). The smallest absolute Gasteiger partial charge is 0.387 e. The first kappa shape index (κ1) is 18.7. The minimum absolute atomic E-state index is 0.0691. The van der Waals surface area contributed by atoms with Crippen LogP contribution in [0.4, 0.5) is 8.78 Å². The van der Waals surface area contributed by atoms with Gasteiger partial charge in [-0.05, 0) is 29.7 Å². The maximum Gasteiger partial charge on any atom is 0.387 e. The quantitative estimate of drug-likeness (QED) is 0.727. The highest BCUT2D eigenvalue weighted by molar-refractivity contribution is 5.73. The van der Waals surface area contributed by atoms with Crippen LogP contribution in [0, 0.1) is 0 Å². The molecule has 2 N–H and O–H groups in total. The van der Waals surface area contributed by atoms with Gasteiger partial charge in [-0.1, -0.05) is 36.4 Å². The highest BCUT2D eigenvalue weighted by Crippen LogP contribution is 2.29. The van der Waals surface area contributed by atoms with Crippen molar-refractivity contribution in [3.63, 3.8) is 0 Å². The first-order chi connectivity index (χ1) is 12.0. The molecule has 0 aliphatic heterocycles. The second kappa shape index (κ2) is 8.98. The summed E-state index contributed by atoms with van der Waals surface area (Å²) in [6, 6.07) is 13.0. The van der Waals surface area contributed by atoms with E-state index in [-0.39, 0.29) is 18.0 Å². The molecule has 0 unspecified atom stereocenters. The average Bonchev–Trinajstić information content (AvgIpc) is 2.59. The van der Waals surface area contributed by atoms with Crippen LogP contribution in [0.25, 0.3) is 0 Å². The van der Waals surface area contributed by atoms with E-state index >= 15 is 0 Å². The third-order valence-corrected chi connectivity index (χ3v) is 3.58. The summed E-state index contributed by atoms with van der Waals surface area (Å²) < 4.78 is 34.1. The zero-order valence-corrected chi connectivity index (χ0v) is 13.6. The molecule has 0 bridgehead atoms. The van der Waals surface area contributed by atoms with Crippen molar-refractivity contribution in [2.24, 2.45) is 0 Å². The summed E-state index contributed by atoms with van der Waals surface area (Å²) in [5.41, 5.74) is 1.60. The van der Waals surface area contributed by atoms with Crippen molar-refractivity contribution < 1.29 is 28.2 Å². The van der Waals surface area contributed by atoms with Gasteiger partial charge in [0, 0.05) is 6.54 Å². The molecular formula is C18H19F2NO4. The van der Waals surface area contributed by atoms with Gasteiger partial charge in [-0.25, -0.2) is 0 Å². The van der Waals surface area contributed by atoms with Gasteiger partial charge < -0.3 is 19.9 Å². The van der Waals surface area contributed by atoms with Crippen molar-refractivity contribution in [3.8, 4) is 11.5 Å². The Kier molecular flexibility index (Phi) is 6.71. The number of ether oxygens (including phenoxy) is 2. The molecule has 5 nitrogen and oxygen atoms in total. The van der Waals surface area contributed by atoms with Crippen molar-refractivity contribution in [1.29, 1.82) is 0 Å². The van der Waals surface area contributed by atoms with E-state index in [4.69, 9.17) is 4.74 Å². The van der Waals surface area contributed by atoms with E-state index in [2.05, 4.69) is 10.1 Å². The fraction of sp³-hybridized carbons (Fsp3) is 0.278. The summed E-state index contributed by atoms with van der Waals surface area (Å²) in [5, 5.41) is 12.3. The van der Waals surface area contributed by atoms with E-state index in [0.29, 0.717) is 12.0 Å². The first-order valence-electron chi connectivity index (χ1n) is 7.61. The number of methoxy groups -OCH3 is 1. The van der Waals surface area contributed by atoms with Gasteiger partial charge in [-0.15, -0.1) is 0 Å². The van der Waals surface area contributed by atoms with E-state index in [1.807, 2.05) is 30.3 Å². The third-order valence-electron chi connectivity index (χ3n) is 3.58. The van der Waals surface area contributed by atoms with E-state index in [1.165, 1.54) is 19.2 Å². The molecule has 2 aromatic rings. The van der Waals surface area contributed by atoms with Crippen molar-refractivity contribution in [2.45, 2.75) is 25.6 Å². The minimum atomic E-state index is -2.94. The summed E-state index contributed by atoms with van der Waals surface area (Å²) in [4.78, 5) is 11.4. The molecule has 0 spiro atoms. The SMILES string of the molecule is COc1cc(CN[C@H](Cc2ccccc2)C(=O)O)ccc1OC(F)F. The van der Waals surface area contributed by atoms with Gasteiger partial charge in [0.2, 0.25) is 0 Å². The summed E-state index contributed by atoms with van der Waals surface area (Å²) in [5.74, 6) is -0.872. The number of benzene rings is 2. The van der Waals surface area contributed by atoms with E-state index in [1.54, 1.807) is 6.07 Å². The zero-order valence-electron chi connectivity index (χ0n) is 13.6. The fourth-order valence-corrected chi connectivity index (χ4v) is 2.35. The highest BCUT2D eigenvalue weighted by atomic mass is 19.3. The number of rotatable bonds is 9. The Morgan fingerprint density at radius 3 is 2.44 bits per heavy atom. The Morgan fingerprint density at radius 2 is 1.84 bits per heavy atom. The standard InChI is InChI=1S/C18H19F2NO4/c1-24-16-10-13(7-8-15(16)25-18(19)20)11-21-14(17(22)23)9-12-5-3-2-4-6-12/h2-8,10,14,18,21H,9,11H2,1H3,(H,22,23)/t14-/m1/s1. The number of alkyl halides is 2. The predicted molar refractivity (Wildman–Crippen MR) is 88.0 cm³/mol. The number of nitrogens with one attached hydrogen (secondary N) is 1. The molecule has 0 saturated heterocycles. The summed E-state index contributed by atoms with van der Waals surface area (Å²) in [6.07, 6.45) is 0.333. The van der Waals surface area contributed by atoms with E-state index in [9.17, 15) is 18.7 Å². The lowest BCUT2D eigenvalue weighted by Gasteiger charge is -2.16. The highest BCUT2D eigenvalue weighted by Gasteiger charge is 2.18. The maximum absolute atomic E-state index is 12.3. The molecule has 1 atom stereocenters. The molecule has 0 aliphatic carbocycles. The van der Waals surface area contributed by atoms with Gasteiger partial charge in [0.15, 0.2) is 11.5 Å². The molecule has 0 aromatic heterocycles. The van der Waals surface area contributed by atoms with Crippen LogP contribution < -0.4 is 14.8 Å². The Labute approximate surface area is 144 Å². The molecule has 134 valence electrons. The van der Waals surface area contributed by atoms with Gasteiger partial charge in [0.25, 0.3) is 0 Å². The van der Waals surface area contributed by atoms with Crippen molar-refractivity contribution in [3.05, 3.63) is 59.7 Å². The Balaban J connectivity index is 2.03.